The molecule has 35 heavy (non-hydrogen) atoms. The second-order valence-electron chi connectivity index (χ2n) is 11.0. The molecular weight excluding hydrogens is 519 g/mol. The van der Waals surface area contributed by atoms with Crippen molar-refractivity contribution in [2.45, 2.75) is 69.6 Å². The van der Waals surface area contributed by atoms with Crippen LogP contribution < -0.4 is 4.72 Å². The highest BCUT2D eigenvalue weighted by Crippen LogP contribution is 2.38. The van der Waals surface area contributed by atoms with E-state index in [4.69, 9.17) is 27.6 Å². The lowest BCUT2D eigenvalue weighted by Gasteiger charge is -2.38. The highest BCUT2D eigenvalue weighted by atomic mass is 35.5. The topological polar surface area (TPSA) is 58.6 Å². The van der Waals surface area contributed by atoms with Crippen molar-refractivity contribution in [3.63, 3.8) is 0 Å². The van der Waals surface area contributed by atoms with Crippen molar-refractivity contribution in [3.8, 4) is 0 Å². The SMILES string of the molecule is CC(c1cc(Cl)cc(Cl)c1)S(=O)(=O)NC(CN1CCC(O[Si](C)(C)C(C)(C)C)C1)c1ccccc1. The first kappa shape index (κ1) is 28.6. The molecule has 0 aliphatic carbocycles. The van der Waals surface area contributed by atoms with Crippen LogP contribution in [-0.2, 0) is 14.4 Å². The average Bonchev–Trinajstić information content (AvgIpc) is 3.17. The highest BCUT2D eigenvalue weighted by molar-refractivity contribution is 7.89. The summed E-state index contributed by atoms with van der Waals surface area (Å²) in [6.45, 7) is 15.2. The first-order valence-electron chi connectivity index (χ1n) is 12.1. The molecule has 0 aromatic heterocycles. The lowest BCUT2D eigenvalue weighted by Crippen LogP contribution is -2.45. The van der Waals surface area contributed by atoms with Crippen LogP contribution in [0.25, 0.3) is 0 Å². The van der Waals surface area contributed by atoms with E-state index < -0.39 is 23.6 Å². The molecule has 3 atom stereocenters. The number of benzene rings is 2. The summed E-state index contributed by atoms with van der Waals surface area (Å²) >= 11 is 12.3. The minimum atomic E-state index is -3.72. The van der Waals surface area contributed by atoms with E-state index in [0.717, 1.165) is 25.1 Å². The van der Waals surface area contributed by atoms with Gasteiger partial charge in [-0.25, -0.2) is 13.1 Å². The van der Waals surface area contributed by atoms with E-state index in [2.05, 4.69) is 43.5 Å². The molecule has 1 fully saturated rings. The number of halogens is 2. The molecule has 2 aromatic rings. The summed E-state index contributed by atoms with van der Waals surface area (Å²) in [7, 11) is -5.58. The monoisotopic (exact) mass is 556 g/mol. The summed E-state index contributed by atoms with van der Waals surface area (Å²) in [5, 5.41) is 0.179. The predicted octanol–water partition coefficient (Wildman–Crippen LogP) is 6.81. The van der Waals surface area contributed by atoms with Crippen molar-refractivity contribution in [1.82, 2.24) is 9.62 Å². The highest BCUT2D eigenvalue weighted by Gasteiger charge is 2.41. The van der Waals surface area contributed by atoms with Gasteiger partial charge in [0.25, 0.3) is 0 Å². The molecule has 1 aliphatic heterocycles. The molecule has 1 saturated heterocycles. The molecular formula is C26H38Cl2N2O3SSi. The number of sulfonamides is 1. The Labute approximate surface area is 222 Å². The Morgan fingerprint density at radius 1 is 1.09 bits per heavy atom. The first-order chi connectivity index (χ1) is 16.2. The van der Waals surface area contributed by atoms with Crippen LogP contribution in [0.3, 0.4) is 0 Å². The van der Waals surface area contributed by atoms with Gasteiger partial charge >= 0.3 is 0 Å². The Morgan fingerprint density at radius 2 is 1.69 bits per heavy atom. The lowest BCUT2D eigenvalue weighted by molar-refractivity contribution is 0.178. The van der Waals surface area contributed by atoms with Crippen molar-refractivity contribution < 1.29 is 12.8 Å². The van der Waals surface area contributed by atoms with Crippen molar-refractivity contribution in [2.75, 3.05) is 19.6 Å². The summed E-state index contributed by atoms with van der Waals surface area (Å²) in [6, 6.07) is 14.3. The number of nitrogens with one attached hydrogen (secondary N) is 1. The minimum absolute atomic E-state index is 0.155. The summed E-state index contributed by atoms with van der Waals surface area (Å²) in [4.78, 5) is 2.30. The lowest BCUT2D eigenvalue weighted by atomic mass is 10.1. The van der Waals surface area contributed by atoms with Crippen LogP contribution in [0.4, 0.5) is 0 Å². The predicted molar refractivity (Wildman–Crippen MR) is 149 cm³/mol. The Morgan fingerprint density at radius 3 is 2.26 bits per heavy atom. The van der Waals surface area contributed by atoms with Gasteiger partial charge in [0.1, 0.15) is 0 Å². The number of nitrogens with zero attached hydrogens (tertiary/aromatic N) is 1. The van der Waals surface area contributed by atoms with Crippen molar-refractivity contribution in [2.24, 2.45) is 0 Å². The number of hydrogen-bond donors (Lipinski definition) is 1. The van der Waals surface area contributed by atoms with Gasteiger partial charge in [-0.15, -0.1) is 0 Å². The largest absolute Gasteiger partial charge is 0.413 e. The van der Waals surface area contributed by atoms with E-state index in [1.54, 1.807) is 25.1 Å². The van der Waals surface area contributed by atoms with Gasteiger partial charge in [-0.2, -0.15) is 0 Å². The number of rotatable bonds is 9. The summed E-state index contributed by atoms with van der Waals surface area (Å²) in [5.74, 6) is 0. The van der Waals surface area contributed by atoms with Gasteiger partial charge in [0.2, 0.25) is 10.0 Å². The van der Waals surface area contributed by atoms with E-state index in [1.807, 2.05) is 30.3 Å². The van der Waals surface area contributed by atoms with Crippen LogP contribution >= 0.6 is 23.2 Å². The second kappa shape index (κ2) is 11.2. The molecule has 1 heterocycles. The third-order valence-corrected chi connectivity index (χ3v) is 14.1. The summed E-state index contributed by atoms with van der Waals surface area (Å²) in [6.07, 6.45) is 1.13. The van der Waals surface area contributed by atoms with Crippen molar-refractivity contribution in [3.05, 3.63) is 69.7 Å². The van der Waals surface area contributed by atoms with E-state index in [1.165, 1.54) is 0 Å². The molecule has 9 heteroatoms. The zero-order valence-corrected chi connectivity index (χ0v) is 24.8. The second-order valence-corrected chi connectivity index (χ2v) is 18.7. The molecule has 194 valence electrons. The van der Waals surface area contributed by atoms with Gasteiger partial charge in [0.05, 0.1) is 17.4 Å². The Balaban J connectivity index is 1.76. The molecule has 0 radical (unpaired) electrons. The normalized spacial score (nSPS) is 19.6. The molecule has 0 spiro atoms. The third-order valence-electron chi connectivity index (χ3n) is 7.27. The van der Waals surface area contributed by atoms with Crippen LogP contribution in [0.2, 0.25) is 28.2 Å². The maximum Gasteiger partial charge on any atom is 0.219 e. The van der Waals surface area contributed by atoms with Crippen LogP contribution in [0, 0.1) is 0 Å². The minimum Gasteiger partial charge on any atom is -0.413 e. The van der Waals surface area contributed by atoms with Gasteiger partial charge in [-0.3, -0.25) is 4.90 Å². The van der Waals surface area contributed by atoms with Crippen LogP contribution in [0.15, 0.2) is 48.5 Å². The maximum absolute atomic E-state index is 13.4. The zero-order valence-electron chi connectivity index (χ0n) is 21.5. The molecule has 3 rings (SSSR count). The average molecular weight is 558 g/mol. The summed E-state index contributed by atoms with van der Waals surface area (Å²) < 4.78 is 36.5. The molecule has 3 unspecified atom stereocenters. The molecule has 1 N–H and O–H groups in total. The first-order valence-corrected chi connectivity index (χ1v) is 17.3. The molecule has 0 saturated carbocycles. The zero-order chi connectivity index (χ0) is 26.0. The van der Waals surface area contributed by atoms with E-state index in [0.29, 0.717) is 22.2 Å². The van der Waals surface area contributed by atoms with E-state index in [9.17, 15) is 8.42 Å². The van der Waals surface area contributed by atoms with Crippen molar-refractivity contribution in [1.29, 1.82) is 0 Å². The smallest absolute Gasteiger partial charge is 0.219 e. The fraction of sp³-hybridized carbons (Fsp3) is 0.538. The standard InChI is InChI=1S/C26H38Cl2N2O3SSi/c1-19(21-14-22(27)16-23(28)15-21)34(31,32)29-25(20-10-8-7-9-11-20)18-30-13-12-24(17-30)33-35(5,6)26(2,3)4/h7-11,14-16,19,24-25,29H,12-13,17-18H2,1-6H3. The quantitative estimate of drug-likeness (QED) is 0.344. The Bertz CT molecular complexity index is 1090. The molecule has 1 aliphatic rings. The molecule has 0 amide bonds. The van der Waals surface area contributed by atoms with Gasteiger partial charge < -0.3 is 4.43 Å². The van der Waals surface area contributed by atoms with E-state index in [-0.39, 0.29) is 17.2 Å². The van der Waals surface area contributed by atoms with Crippen LogP contribution in [0.5, 0.6) is 0 Å². The molecule has 0 bridgehead atoms. The Kier molecular flexibility index (Phi) is 9.17. The van der Waals surface area contributed by atoms with Crippen LogP contribution in [0.1, 0.15) is 56.5 Å². The third kappa shape index (κ3) is 7.54. The van der Waals surface area contributed by atoms with Gasteiger partial charge in [0, 0.05) is 29.7 Å². The summed E-state index contributed by atoms with van der Waals surface area (Å²) in [5.41, 5.74) is 1.49. The van der Waals surface area contributed by atoms with E-state index >= 15 is 0 Å². The molecule has 2 aromatic carbocycles. The number of likely N-dealkylation sites (tertiary alicyclic amines) is 1. The fourth-order valence-corrected chi connectivity index (χ4v) is 7.32. The van der Waals surface area contributed by atoms with Gasteiger partial charge in [-0.05, 0) is 60.8 Å². The van der Waals surface area contributed by atoms with Gasteiger partial charge in [-0.1, -0.05) is 74.3 Å². The molecule has 5 nitrogen and oxygen atoms in total. The maximum atomic E-state index is 13.4. The number of hydrogen-bond acceptors (Lipinski definition) is 4. The van der Waals surface area contributed by atoms with Gasteiger partial charge in [0.15, 0.2) is 8.32 Å². The van der Waals surface area contributed by atoms with Crippen LogP contribution in [-0.4, -0.2) is 47.4 Å². The fourth-order valence-electron chi connectivity index (χ4n) is 4.10. The Hall–Kier alpha value is -0.933. The van der Waals surface area contributed by atoms with Crippen molar-refractivity contribution >= 4 is 41.5 Å².